The van der Waals surface area contributed by atoms with E-state index in [1.54, 1.807) is 30.4 Å². The number of aromatic nitrogens is 2. The molecule has 0 saturated carbocycles. The lowest BCUT2D eigenvalue weighted by Gasteiger charge is -2.34. The van der Waals surface area contributed by atoms with E-state index >= 15 is 0 Å². The molecule has 1 saturated heterocycles. The van der Waals surface area contributed by atoms with Crippen LogP contribution in [0.4, 0.5) is 13.6 Å². The molecule has 2 heterocycles. The van der Waals surface area contributed by atoms with Gasteiger partial charge in [-0.2, -0.15) is 15.5 Å². The topological polar surface area (TPSA) is 77.7 Å². The molecule has 1 aliphatic rings. The first-order chi connectivity index (χ1) is 15.5. The van der Waals surface area contributed by atoms with Crippen molar-refractivity contribution in [2.75, 3.05) is 19.3 Å². The van der Waals surface area contributed by atoms with Crippen LogP contribution in [0.5, 0.6) is 0 Å². The third-order valence-corrected chi connectivity index (χ3v) is 6.95. The van der Waals surface area contributed by atoms with Gasteiger partial charge in [-0.3, -0.25) is 0 Å². The van der Waals surface area contributed by atoms with Gasteiger partial charge in [0, 0.05) is 18.7 Å². The lowest BCUT2D eigenvalue weighted by atomic mass is 10.1. The number of rotatable bonds is 5. The van der Waals surface area contributed by atoms with E-state index in [1.165, 1.54) is 12.1 Å². The Balaban J connectivity index is 1.61. The van der Waals surface area contributed by atoms with Crippen LogP contribution in [-0.2, 0) is 9.47 Å². The van der Waals surface area contributed by atoms with Crippen LogP contribution in [0.1, 0.15) is 59.5 Å². The van der Waals surface area contributed by atoms with E-state index in [0.29, 0.717) is 25.9 Å². The lowest BCUT2D eigenvalue weighted by Crippen LogP contribution is -2.43. The number of nitrogens with zero attached hydrogens (tertiary/aromatic N) is 3. The maximum Gasteiger partial charge on any atom is 0.410 e. The van der Waals surface area contributed by atoms with Crippen LogP contribution in [0.25, 0.3) is 11.4 Å². The molecule has 1 aliphatic heterocycles. The van der Waals surface area contributed by atoms with Crippen LogP contribution in [0, 0.1) is 11.6 Å². The van der Waals surface area contributed by atoms with E-state index in [1.807, 2.05) is 20.8 Å². The van der Waals surface area contributed by atoms with Crippen molar-refractivity contribution in [2.45, 2.75) is 70.2 Å². The minimum absolute atomic E-state index is 0.0411. The van der Waals surface area contributed by atoms with Gasteiger partial charge in [0.25, 0.3) is 5.89 Å². The minimum atomic E-state index is -0.638. The number of hydrogen-bond acceptors (Lipinski definition) is 6. The van der Waals surface area contributed by atoms with E-state index in [0.717, 1.165) is 0 Å². The number of piperidine rings is 1. The Morgan fingerprint density at radius 3 is 2.42 bits per heavy atom. The first-order valence-electron chi connectivity index (χ1n) is 10.9. The summed E-state index contributed by atoms with van der Waals surface area (Å²) in [5.74, 6) is -0.953. The van der Waals surface area contributed by atoms with Crippen molar-refractivity contribution in [1.82, 2.24) is 15.0 Å². The molecule has 3 rings (SSSR count). The van der Waals surface area contributed by atoms with Gasteiger partial charge in [0.2, 0.25) is 5.82 Å². The molecular formula is C23H31F2N3O4S. The average molecular weight is 484 g/mol. The summed E-state index contributed by atoms with van der Waals surface area (Å²) in [6.45, 7) is 10.1. The summed E-state index contributed by atoms with van der Waals surface area (Å²) in [5, 5.41) is 5.63. The van der Waals surface area contributed by atoms with Crippen LogP contribution < -0.4 is 0 Å². The maximum absolute atomic E-state index is 14.5. The SMILES string of the molecule is C/C=S(/C)c1c(F)cc(-c2noc(C(C)OC3CCN(C(=O)OC(C)(C)C)CC3)n2)cc1F. The highest BCUT2D eigenvalue weighted by molar-refractivity contribution is 8.14. The predicted octanol–water partition coefficient (Wildman–Crippen LogP) is 5.57. The Kier molecular flexibility index (Phi) is 7.89. The maximum atomic E-state index is 14.5. The summed E-state index contributed by atoms with van der Waals surface area (Å²) < 4.78 is 45.7. The molecule has 0 N–H and O–H groups in total. The Labute approximate surface area is 195 Å². The number of halogens is 2. The van der Waals surface area contributed by atoms with Gasteiger partial charge in [0.05, 0.1) is 11.0 Å². The summed E-state index contributed by atoms with van der Waals surface area (Å²) in [6.07, 6.45) is 2.13. The Bertz CT molecular complexity index is 1000. The summed E-state index contributed by atoms with van der Waals surface area (Å²) in [6, 6.07) is 2.44. The quantitative estimate of drug-likeness (QED) is 0.518. The highest BCUT2D eigenvalue weighted by Crippen LogP contribution is 2.32. The first kappa shape index (κ1) is 25.3. The number of amides is 1. The third kappa shape index (κ3) is 6.38. The fourth-order valence-corrected chi connectivity index (χ4v) is 4.45. The molecule has 2 unspecified atom stereocenters. The molecule has 0 aliphatic carbocycles. The monoisotopic (exact) mass is 483 g/mol. The molecule has 0 spiro atoms. The van der Waals surface area contributed by atoms with Gasteiger partial charge in [0.1, 0.15) is 23.3 Å². The molecule has 1 aromatic heterocycles. The van der Waals surface area contributed by atoms with E-state index in [4.69, 9.17) is 14.0 Å². The van der Waals surface area contributed by atoms with Gasteiger partial charge >= 0.3 is 6.09 Å². The van der Waals surface area contributed by atoms with Crippen LogP contribution >= 0.6 is 10.5 Å². The molecule has 0 radical (unpaired) electrons. The average Bonchev–Trinajstić information content (AvgIpc) is 3.23. The lowest BCUT2D eigenvalue weighted by molar-refractivity contribution is -0.0509. The first-order valence-corrected chi connectivity index (χ1v) is 12.6. The van der Waals surface area contributed by atoms with Crippen molar-refractivity contribution in [3.05, 3.63) is 29.7 Å². The minimum Gasteiger partial charge on any atom is -0.444 e. The van der Waals surface area contributed by atoms with Crippen molar-refractivity contribution in [3.63, 3.8) is 0 Å². The van der Waals surface area contributed by atoms with Crippen LogP contribution in [0.3, 0.4) is 0 Å². The Hall–Kier alpha value is -2.33. The zero-order valence-electron chi connectivity index (χ0n) is 19.9. The fraction of sp³-hybridized carbons (Fsp3) is 0.565. The fourth-order valence-electron chi connectivity index (χ4n) is 3.48. The molecule has 1 fully saturated rings. The van der Waals surface area contributed by atoms with Crippen molar-refractivity contribution >= 4 is 21.9 Å². The van der Waals surface area contributed by atoms with Crippen LogP contribution in [-0.4, -0.2) is 57.6 Å². The molecule has 0 bridgehead atoms. The van der Waals surface area contributed by atoms with Crippen LogP contribution in [0.2, 0.25) is 0 Å². The predicted molar refractivity (Wildman–Crippen MR) is 123 cm³/mol. The highest BCUT2D eigenvalue weighted by atomic mass is 32.2. The van der Waals surface area contributed by atoms with Crippen LogP contribution in [0.15, 0.2) is 21.6 Å². The zero-order valence-corrected chi connectivity index (χ0v) is 20.7. The Morgan fingerprint density at radius 2 is 1.88 bits per heavy atom. The third-order valence-electron chi connectivity index (χ3n) is 5.21. The van der Waals surface area contributed by atoms with E-state index in [-0.39, 0.29) is 34.4 Å². The highest BCUT2D eigenvalue weighted by Gasteiger charge is 2.29. The standard InChI is InChI=1S/C23H31F2N3O4S/c1-7-33(6)19-17(24)12-15(13-18(19)25)20-26-21(32-27-20)14(2)30-16-8-10-28(11-9-16)22(29)31-23(3,4)5/h7,12-14,16H,8-11H2,1-6H3. The van der Waals surface area contributed by atoms with E-state index in [9.17, 15) is 13.6 Å². The van der Waals surface area contributed by atoms with Gasteiger partial charge in [-0.1, -0.05) is 10.5 Å². The van der Waals surface area contributed by atoms with Gasteiger partial charge in [-0.15, -0.1) is 0 Å². The summed E-state index contributed by atoms with van der Waals surface area (Å²) >= 11 is 0. The number of ether oxygens (including phenoxy) is 2. The second-order valence-electron chi connectivity index (χ2n) is 8.96. The largest absolute Gasteiger partial charge is 0.444 e. The number of hydrogen-bond donors (Lipinski definition) is 0. The number of benzene rings is 1. The second-order valence-corrected chi connectivity index (χ2v) is 11.0. The van der Waals surface area contributed by atoms with Gasteiger partial charge in [-0.25, -0.2) is 13.6 Å². The number of carbonyl (C=O) groups excluding carboxylic acids is 1. The summed E-state index contributed by atoms with van der Waals surface area (Å²) in [5.41, 5.74) is -0.330. The van der Waals surface area contributed by atoms with Crippen molar-refractivity contribution in [2.24, 2.45) is 0 Å². The van der Waals surface area contributed by atoms with Gasteiger partial charge in [0.15, 0.2) is 0 Å². The summed E-state index contributed by atoms with van der Waals surface area (Å²) in [4.78, 5) is 18.2. The molecule has 1 aromatic carbocycles. The Morgan fingerprint density at radius 1 is 1.27 bits per heavy atom. The molecule has 7 nitrogen and oxygen atoms in total. The van der Waals surface area contributed by atoms with E-state index in [2.05, 4.69) is 10.1 Å². The summed E-state index contributed by atoms with van der Waals surface area (Å²) in [7, 11) is -0.637. The van der Waals surface area contributed by atoms with E-state index < -0.39 is 33.8 Å². The smallest absolute Gasteiger partial charge is 0.410 e. The molecule has 182 valence electrons. The number of likely N-dealkylation sites (tertiary alicyclic amines) is 1. The molecule has 2 atom stereocenters. The molecule has 10 heteroatoms. The normalized spacial score (nSPS) is 17.3. The van der Waals surface area contributed by atoms with Crippen molar-refractivity contribution < 1.29 is 27.6 Å². The second kappa shape index (κ2) is 10.3. The molecule has 2 aromatic rings. The molecule has 1 amide bonds. The van der Waals surface area contributed by atoms with Crippen molar-refractivity contribution in [1.29, 1.82) is 0 Å². The van der Waals surface area contributed by atoms with Gasteiger partial charge in [-0.05, 0) is 65.8 Å². The number of carbonyl (C=O) groups is 1. The zero-order chi connectivity index (χ0) is 24.3. The van der Waals surface area contributed by atoms with Crippen molar-refractivity contribution in [3.8, 4) is 11.4 Å². The molecule has 33 heavy (non-hydrogen) atoms. The molecular weight excluding hydrogens is 452 g/mol. The van der Waals surface area contributed by atoms with Gasteiger partial charge < -0.3 is 18.9 Å².